The lowest BCUT2D eigenvalue weighted by Crippen LogP contribution is -2.64. The number of Topliss-reactive ketones (excluding diaryl/α,β-unsaturated/α-hetero) is 1. The number of allylic oxidation sites excluding steroid dienone is 2. The van der Waals surface area contributed by atoms with Gasteiger partial charge in [-0.25, -0.2) is 0 Å². The summed E-state index contributed by atoms with van der Waals surface area (Å²) in [7, 11) is 0. The lowest BCUT2D eigenvalue weighted by Gasteiger charge is -2.59. The molecule has 6 aliphatic rings. The van der Waals surface area contributed by atoms with Gasteiger partial charge in [-0.1, -0.05) is 25.0 Å². The number of ketones is 1. The number of carbonyl (C=O) groups is 2. The maximum absolute atomic E-state index is 14.1. The van der Waals surface area contributed by atoms with E-state index < -0.39 is 11.4 Å². The van der Waals surface area contributed by atoms with E-state index in [0.29, 0.717) is 30.1 Å². The summed E-state index contributed by atoms with van der Waals surface area (Å²) in [6.45, 7) is 6.82. The molecule has 0 radical (unpaired) electrons. The molecule has 2 saturated carbocycles. The van der Waals surface area contributed by atoms with E-state index in [0.717, 1.165) is 38.8 Å². The molecule has 2 bridgehead atoms. The van der Waals surface area contributed by atoms with E-state index in [-0.39, 0.29) is 23.2 Å². The van der Waals surface area contributed by atoms with Gasteiger partial charge < -0.3 is 5.11 Å². The quantitative estimate of drug-likeness (QED) is 0.734. The van der Waals surface area contributed by atoms with Crippen LogP contribution in [0.3, 0.4) is 0 Å². The van der Waals surface area contributed by atoms with Gasteiger partial charge in [0.25, 0.3) is 0 Å². The number of aliphatic carboxylic acids is 1. The molecule has 1 spiro atoms. The largest absolute Gasteiger partial charge is 0.481 e. The van der Waals surface area contributed by atoms with Crippen molar-refractivity contribution in [3.8, 4) is 0 Å². The Bertz CT molecular complexity index is 771. The monoisotopic (exact) mass is 355 g/mol. The first-order valence-corrected chi connectivity index (χ1v) is 10.6. The topological polar surface area (TPSA) is 57.6 Å². The highest BCUT2D eigenvalue weighted by Crippen LogP contribution is 2.74. The van der Waals surface area contributed by atoms with Crippen molar-refractivity contribution in [3.63, 3.8) is 0 Å². The molecule has 2 heterocycles. The molecular weight excluding hydrogens is 326 g/mol. The standard InChI is InChI=1S/C22H29NO3/c1-11-9-23-10-13-5-3-12-4-6-14-16(20(25)26)8-22(18(12)14)19(24)15(11)7-17(23)21(13,22)2/h11,13-17H,3-10H2,1-2H3,(H,25,26)/t11?,13?,14?,15?,16?,17?,21-,22+/m1/s1. The molecule has 4 nitrogen and oxygen atoms in total. The summed E-state index contributed by atoms with van der Waals surface area (Å²) < 4.78 is 0. The molecule has 4 fully saturated rings. The van der Waals surface area contributed by atoms with Gasteiger partial charge in [0.2, 0.25) is 0 Å². The molecular formula is C22H29NO3. The molecule has 8 atom stereocenters. The van der Waals surface area contributed by atoms with Crippen LogP contribution in [-0.4, -0.2) is 40.9 Å². The average molecular weight is 355 g/mol. The number of fused-ring (bicyclic) bond motifs is 1. The molecule has 0 amide bonds. The zero-order valence-corrected chi connectivity index (χ0v) is 15.8. The van der Waals surface area contributed by atoms with Crippen molar-refractivity contribution < 1.29 is 14.7 Å². The van der Waals surface area contributed by atoms with Crippen molar-refractivity contribution in [2.45, 2.75) is 58.4 Å². The minimum absolute atomic E-state index is 0.0510. The maximum Gasteiger partial charge on any atom is 0.307 e. The van der Waals surface area contributed by atoms with Gasteiger partial charge in [-0.15, -0.1) is 0 Å². The van der Waals surface area contributed by atoms with Gasteiger partial charge in [0.1, 0.15) is 5.78 Å². The number of nitrogens with zero attached hydrogens (tertiary/aromatic N) is 1. The summed E-state index contributed by atoms with van der Waals surface area (Å²) in [5, 5.41) is 9.99. The Morgan fingerprint density at radius 2 is 1.96 bits per heavy atom. The molecule has 0 aromatic carbocycles. The van der Waals surface area contributed by atoms with Crippen LogP contribution in [-0.2, 0) is 9.59 Å². The second kappa shape index (κ2) is 4.63. The number of carboxylic acid groups (broad SMARTS) is 1. The van der Waals surface area contributed by atoms with E-state index in [1.165, 1.54) is 17.6 Å². The van der Waals surface area contributed by atoms with E-state index in [4.69, 9.17) is 0 Å². The minimum atomic E-state index is -0.669. The van der Waals surface area contributed by atoms with Crippen molar-refractivity contribution in [1.29, 1.82) is 0 Å². The van der Waals surface area contributed by atoms with Crippen molar-refractivity contribution >= 4 is 11.8 Å². The van der Waals surface area contributed by atoms with Crippen LogP contribution in [0.5, 0.6) is 0 Å². The fourth-order valence-electron chi connectivity index (χ4n) is 8.87. The van der Waals surface area contributed by atoms with E-state index in [1.54, 1.807) is 0 Å². The first kappa shape index (κ1) is 15.9. The molecule has 4 aliphatic carbocycles. The van der Waals surface area contributed by atoms with Crippen LogP contribution in [0.4, 0.5) is 0 Å². The molecule has 140 valence electrons. The van der Waals surface area contributed by atoms with Crippen LogP contribution in [0, 0.1) is 40.4 Å². The first-order chi connectivity index (χ1) is 12.4. The van der Waals surface area contributed by atoms with Gasteiger partial charge in [-0.3, -0.25) is 14.5 Å². The number of carboxylic acids is 1. The van der Waals surface area contributed by atoms with Crippen molar-refractivity contribution in [1.82, 2.24) is 4.90 Å². The zero-order chi connectivity index (χ0) is 18.0. The predicted molar refractivity (Wildman–Crippen MR) is 96.4 cm³/mol. The third kappa shape index (κ3) is 1.44. The van der Waals surface area contributed by atoms with Gasteiger partial charge in [0, 0.05) is 30.5 Å². The Kier molecular flexibility index (Phi) is 2.82. The summed E-state index contributed by atoms with van der Waals surface area (Å²) in [5.74, 6) is 0.657. The number of rotatable bonds is 1. The highest BCUT2D eigenvalue weighted by Gasteiger charge is 2.76. The van der Waals surface area contributed by atoms with E-state index in [9.17, 15) is 14.7 Å². The average Bonchev–Trinajstić information content (AvgIpc) is 3.21. The Balaban J connectivity index is 1.65. The van der Waals surface area contributed by atoms with Gasteiger partial charge in [0.15, 0.2) is 0 Å². The summed E-state index contributed by atoms with van der Waals surface area (Å²) in [5.41, 5.74) is 2.32. The Morgan fingerprint density at radius 1 is 1.19 bits per heavy atom. The zero-order valence-electron chi connectivity index (χ0n) is 15.8. The molecule has 2 saturated heterocycles. The number of hydrogen-bond donors (Lipinski definition) is 1. The van der Waals surface area contributed by atoms with Crippen LogP contribution in [0.15, 0.2) is 11.1 Å². The van der Waals surface area contributed by atoms with Crippen molar-refractivity contribution in [2.75, 3.05) is 13.1 Å². The lowest BCUT2D eigenvalue weighted by molar-refractivity contribution is -0.158. The van der Waals surface area contributed by atoms with Gasteiger partial charge >= 0.3 is 5.97 Å². The molecule has 4 heteroatoms. The Labute approximate surface area is 155 Å². The van der Waals surface area contributed by atoms with Gasteiger partial charge in [-0.05, 0) is 56.3 Å². The second-order valence-corrected chi connectivity index (χ2v) is 10.4. The van der Waals surface area contributed by atoms with Crippen molar-refractivity contribution in [3.05, 3.63) is 11.1 Å². The van der Waals surface area contributed by atoms with Crippen LogP contribution in [0.25, 0.3) is 0 Å². The van der Waals surface area contributed by atoms with Crippen LogP contribution < -0.4 is 0 Å². The number of piperidine rings is 1. The summed E-state index contributed by atoms with van der Waals surface area (Å²) in [6, 6.07) is 0.479. The summed E-state index contributed by atoms with van der Waals surface area (Å²) in [4.78, 5) is 29.0. The van der Waals surface area contributed by atoms with E-state index in [2.05, 4.69) is 18.7 Å². The highest BCUT2D eigenvalue weighted by molar-refractivity contribution is 5.95. The highest BCUT2D eigenvalue weighted by atomic mass is 16.4. The molecule has 1 N–H and O–H groups in total. The van der Waals surface area contributed by atoms with E-state index in [1.807, 2.05) is 0 Å². The smallest absolute Gasteiger partial charge is 0.307 e. The fraction of sp³-hybridized carbons (Fsp3) is 0.818. The molecule has 0 aromatic heterocycles. The van der Waals surface area contributed by atoms with Crippen LogP contribution in [0.1, 0.15) is 52.4 Å². The molecule has 0 aromatic rings. The van der Waals surface area contributed by atoms with Crippen molar-refractivity contribution in [2.24, 2.45) is 40.4 Å². The summed E-state index contributed by atoms with van der Waals surface area (Å²) >= 11 is 0. The Hall–Kier alpha value is -1.16. The van der Waals surface area contributed by atoms with Crippen LogP contribution >= 0.6 is 0 Å². The molecule has 26 heavy (non-hydrogen) atoms. The maximum atomic E-state index is 14.1. The summed E-state index contributed by atoms with van der Waals surface area (Å²) in [6.07, 6.45) is 5.91. The van der Waals surface area contributed by atoms with E-state index >= 15 is 0 Å². The SMILES string of the molecule is CC1CN2CC3CCC4=C5C(CC4)C(C(=O)O)C[C@@]54C(=O)C1CC2[C@@]34C. The second-order valence-electron chi connectivity index (χ2n) is 10.4. The minimum Gasteiger partial charge on any atom is -0.481 e. The molecule has 2 aliphatic heterocycles. The first-order valence-electron chi connectivity index (χ1n) is 10.6. The third-order valence-electron chi connectivity index (χ3n) is 9.89. The fourth-order valence-corrected chi connectivity index (χ4v) is 8.87. The Morgan fingerprint density at radius 3 is 2.73 bits per heavy atom. The number of carbonyl (C=O) groups excluding carboxylic acids is 1. The number of hydrogen-bond acceptors (Lipinski definition) is 3. The van der Waals surface area contributed by atoms with Crippen LogP contribution in [0.2, 0.25) is 0 Å². The van der Waals surface area contributed by atoms with Gasteiger partial charge in [-0.2, -0.15) is 0 Å². The lowest BCUT2D eigenvalue weighted by atomic mass is 9.45. The third-order valence-corrected chi connectivity index (χ3v) is 9.89. The predicted octanol–water partition coefficient (Wildman–Crippen LogP) is 3.12. The molecule has 6 unspecified atom stereocenters. The van der Waals surface area contributed by atoms with Gasteiger partial charge in [0.05, 0.1) is 11.3 Å². The normalized spacial score (nSPS) is 54.5. The molecule has 6 rings (SSSR count).